The maximum Gasteiger partial charge on any atom is 0.239 e. The summed E-state index contributed by atoms with van der Waals surface area (Å²) in [5.41, 5.74) is 6.95. The number of carbonyl (C=O) groups is 1. The average Bonchev–Trinajstić information content (AvgIpc) is 2.43. The summed E-state index contributed by atoms with van der Waals surface area (Å²) >= 11 is 0. The maximum atomic E-state index is 12.1. The van der Waals surface area contributed by atoms with Gasteiger partial charge in [-0.1, -0.05) is 30.3 Å². The van der Waals surface area contributed by atoms with Crippen molar-refractivity contribution in [2.45, 2.75) is 25.4 Å². The lowest BCUT2D eigenvalue weighted by Crippen LogP contribution is -2.43. The Labute approximate surface area is 109 Å². The summed E-state index contributed by atoms with van der Waals surface area (Å²) in [7, 11) is 3.39. The molecule has 1 aromatic carbocycles. The van der Waals surface area contributed by atoms with E-state index in [1.807, 2.05) is 37.3 Å². The summed E-state index contributed by atoms with van der Waals surface area (Å²) < 4.78 is 4.94. The smallest absolute Gasteiger partial charge is 0.239 e. The van der Waals surface area contributed by atoms with Crippen LogP contribution in [0.1, 0.15) is 24.9 Å². The number of likely N-dealkylation sites (N-methyl/N-ethyl adjacent to an activating group) is 1. The third-order valence-corrected chi connectivity index (χ3v) is 3.16. The largest absolute Gasteiger partial charge is 0.385 e. The zero-order chi connectivity index (χ0) is 13.5. The van der Waals surface area contributed by atoms with Crippen molar-refractivity contribution in [2.24, 2.45) is 5.73 Å². The SMILES string of the molecule is COCCC(N)C(=O)N(C)C(C)c1ccccc1. The minimum Gasteiger partial charge on any atom is -0.385 e. The molecule has 2 N–H and O–H groups in total. The molecule has 0 spiro atoms. The van der Waals surface area contributed by atoms with Crippen LogP contribution < -0.4 is 5.73 Å². The quantitative estimate of drug-likeness (QED) is 0.833. The fourth-order valence-corrected chi connectivity index (χ4v) is 1.78. The van der Waals surface area contributed by atoms with Crippen LogP contribution in [0.25, 0.3) is 0 Å². The molecule has 1 rings (SSSR count). The topological polar surface area (TPSA) is 55.6 Å². The van der Waals surface area contributed by atoms with Gasteiger partial charge in [-0.15, -0.1) is 0 Å². The Hall–Kier alpha value is -1.39. The number of hydrogen-bond acceptors (Lipinski definition) is 3. The number of hydrogen-bond donors (Lipinski definition) is 1. The van der Waals surface area contributed by atoms with Gasteiger partial charge in [-0.05, 0) is 18.9 Å². The first-order valence-corrected chi connectivity index (χ1v) is 6.14. The van der Waals surface area contributed by atoms with Gasteiger partial charge >= 0.3 is 0 Å². The van der Waals surface area contributed by atoms with Gasteiger partial charge in [0.2, 0.25) is 5.91 Å². The summed E-state index contributed by atoms with van der Waals surface area (Å²) in [4.78, 5) is 13.8. The number of ether oxygens (including phenoxy) is 1. The van der Waals surface area contributed by atoms with Crippen LogP contribution in [-0.2, 0) is 9.53 Å². The van der Waals surface area contributed by atoms with Gasteiger partial charge in [-0.25, -0.2) is 0 Å². The molecule has 0 aliphatic heterocycles. The fraction of sp³-hybridized carbons (Fsp3) is 0.500. The highest BCUT2D eigenvalue weighted by Crippen LogP contribution is 2.18. The van der Waals surface area contributed by atoms with Crippen LogP contribution in [0.2, 0.25) is 0 Å². The Kier molecular flexibility index (Phi) is 5.82. The van der Waals surface area contributed by atoms with E-state index in [0.717, 1.165) is 5.56 Å². The Morgan fingerprint density at radius 3 is 2.56 bits per heavy atom. The van der Waals surface area contributed by atoms with Gasteiger partial charge in [0.15, 0.2) is 0 Å². The average molecular weight is 250 g/mol. The molecule has 4 heteroatoms. The molecule has 100 valence electrons. The van der Waals surface area contributed by atoms with E-state index < -0.39 is 6.04 Å². The van der Waals surface area contributed by atoms with E-state index in [9.17, 15) is 4.79 Å². The normalized spacial score (nSPS) is 14.0. The number of benzene rings is 1. The lowest BCUT2D eigenvalue weighted by molar-refractivity contribution is -0.133. The zero-order valence-electron chi connectivity index (χ0n) is 11.3. The van der Waals surface area contributed by atoms with Gasteiger partial charge in [0.25, 0.3) is 0 Å². The number of rotatable bonds is 6. The van der Waals surface area contributed by atoms with Gasteiger partial charge in [0.05, 0.1) is 12.1 Å². The van der Waals surface area contributed by atoms with Gasteiger partial charge in [-0.3, -0.25) is 4.79 Å². The lowest BCUT2D eigenvalue weighted by atomic mass is 10.1. The van der Waals surface area contributed by atoms with Crippen molar-refractivity contribution in [1.29, 1.82) is 0 Å². The molecular formula is C14H22N2O2. The standard InChI is InChI=1S/C14H22N2O2/c1-11(12-7-5-4-6-8-12)16(2)14(17)13(15)9-10-18-3/h4-8,11,13H,9-10,15H2,1-3H3. The van der Waals surface area contributed by atoms with E-state index in [-0.39, 0.29) is 11.9 Å². The molecule has 0 bridgehead atoms. The van der Waals surface area contributed by atoms with E-state index >= 15 is 0 Å². The van der Waals surface area contributed by atoms with Crippen LogP contribution >= 0.6 is 0 Å². The summed E-state index contributed by atoms with van der Waals surface area (Å²) in [6.07, 6.45) is 0.543. The van der Waals surface area contributed by atoms with E-state index in [4.69, 9.17) is 10.5 Å². The van der Waals surface area contributed by atoms with Crippen molar-refractivity contribution >= 4 is 5.91 Å². The lowest BCUT2D eigenvalue weighted by Gasteiger charge is -2.27. The Bertz CT molecular complexity index is 367. The number of amides is 1. The van der Waals surface area contributed by atoms with E-state index in [1.165, 1.54) is 0 Å². The first-order chi connectivity index (χ1) is 8.57. The first kappa shape index (κ1) is 14.7. The Morgan fingerprint density at radius 2 is 2.00 bits per heavy atom. The predicted molar refractivity (Wildman–Crippen MR) is 72.1 cm³/mol. The second-order valence-electron chi connectivity index (χ2n) is 4.42. The Morgan fingerprint density at radius 1 is 1.39 bits per heavy atom. The number of methoxy groups -OCH3 is 1. The molecule has 0 aliphatic carbocycles. The van der Waals surface area contributed by atoms with Crippen LogP contribution in [0.3, 0.4) is 0 Å². The van der Waals surface area contributed by atoms with E-state index in [2.05, 4.69) is 0 Å². The van der Waals surface area contributed by atoms with Crippen molar-refractivity contribution in [3.63, 3.8) is 0 Å². The molecule has 0 fully saturated rings. The van der Waals surface area contributed by atoms with Crippen LogP contribution in [0.5, 0.6) is 0 Å². The summed E-state index contributed by atoms with van der Waals surface area (Å²) in [5.74, 6) is -0.0524. The molecule has 0 radical (unpaired) electrons. The number of nitrogens with two attached hydrogens (primary N) is 1. The van der Waals surface area contributed by atoms with E-state index in [1.54, 1.807) is 19.1 Å². The van der Waals surface area contributed by atoms with E-state index in [0.29, 0.717) is 13.0 Å². The minimum absolute atomic E-state index is 0.0206. The summed E-state index contributed by atoms with van der Waals surface area (Å²) in [5, 5.41) is 0. The molecule has 0 heterocycles. The molecule has 2 unspecified atom stereocenters. The molecule has 0 aliphatic rings. The van der Waals surface area contributed by atoms with Gasteiger partial charge < -0.3 is 15.4 Å². The molecular weight excluding hydrogens is 228 g/mol. The van der Waals surface area contributed by atoms with Crippen molar-refractivity contribution in [3.05, 3.63) is 35.9 Å². The van der Waals surface area contributed by atoms with Gasteiger partial charge in [0, 0.05) is 20.8 Å². The van der Waals surface area contributed by atoms with Gasteiger partial charge in [0.1, 0.15) is 0 Å². The highest BCUT2D eigenvalue weighted by atomic mass is 16.5. The molecule has 1 amide bonds. The maximum absolute atomic E-state index is 12.1. The number of carbonyl (C=O) groups excluding carboxylic acids is 1. The highest BCUT2D eigenvalue weighted by molar-refractivity contribution is 5.81. The molecule has 0 saturated heterocycles. The molecule has 4 nitrogen and oxygen atoms in total. The highest BCUT2D eigenvalue weighted by Gasteiger charge is 2.22. The van der Waals surface area contributed by atoms with Crippen LogP contribution in [-0.4, -0.2) is 37.6 Å². The first-order valence-electron chi connectivity index (χ1n) is 6.14. The molecule has 2 atom stereocenters. The molecule has 18 heavy (non-hydrogen) atoms. The van der Waals surface area contributed by atoms with Crippen molar-refractivity contribution in [3.8, 4) is 0 Å². The van der Waals surface area contributed by atoms with Gasteiger partial charge in [-0.2, -0.15) is 0 Å². The van der Waals surface area contributed by atoms with Crippen molar-refractivity contribution in [2.75, 3.05) is 20.8 Å². The fourth-order valence-electron chi connectivity index (χ4n) is 1.78. The molecule has 1 aromatic rings. The summed E-state index contributed by atoms with van der Waals surface area (Å²) in [6, 6.07) is 9.43. The minimum atomic E-state index is -0.499. The molecule has 0 aromatic heterocycles. The summed E-state index contributed by atoms with van der Waals surface area (Å²) in [6.45, 7) is 2.50. The third-order valence-electron chi connectivity index (χ3n) is 3.16. The monoisotopic (exact) mass is 250 g/mol. The van der Waals surface area contributed by atoms with Crippen LogP contribution in [0.15, 0.2) is 30.3 Å². The van der Waals surface area contributed by atoms with Crippen molar-refractivity contribution < 1.29 is 9.53 Å². The third kappa shape index (κ3) is 3.82. The zero-order valence-corrected chi connectivity index (χ0v) is 11.3. The van der Waals surface area contributed by atoms with Crippen molar-refractivity contribution in [1.82, 2.24) is 4.90 Å². The molecule has 0 saturated carbocycles. The second kappa shape index (κ2) is 7.13. The second-order valence-corrected chi connectivity index (χ2v) is 4.42. The van der Waals surface area contributed by atoms with Crippen LogP contribution in [0.4, 0.5) is 0 Å². The number of nitrogens with zero attached hydrogens (tertiary/aromatic N) is 1. The predicted octanol–water partition coefficient (Wildman–Crippen LogP) is 1.57. The van der Waals surface area contributed by atoms with Crippen LogP contribution in [0, 0.1) is 0 Å². The Balaban J connectivity index is 2.63.